The zero-order chi connectivity index (χ0) is 20.3. The first-order valence-electron chi connectivity index (χ1n) is 9.06. The van der Waals surface area contributed by atoms with E-state index in [4.69, 9.17) is 4.74 Å². The average molecular weight is 425 g/mol. The highest BCUT2D eigenvalue weighted by molar-refractivity contribution is 7.91. The fraction of sp³-hybridized carbons (Fsp3) is 0.500. The van der Waals surface area contributed by atoms with E-state index in [1.165, 1.54) is 22.6 Å². The molecule has 0 aliphatic carbocycles. The fourth-order valence-corrected chi connectivity index (χ4v) is 6.01. The summed E-state index contributed by atoms with van der Waals surface area (Å²) in [5.41, 5.74) is 1.63. The van der Waals surface area contributed by atoms with Crippen LogP contribution in [0.3, 0.4) is 0 Å². The molecule has 0 bridgehead atoms. The molecule has 1 aliphatic heterocycles. The number of sulfonamides is 1. The average Bonchev–Trinajstić information content (AvgIpc) is 3.09. The predicted molar refractivity (Wildman–Crippen MR) is 106 cm³/mol. The van der Waals surface area contributed by atoms with Crippen LogP contribution in [0.4, 0.5) is 0 Å². The quantitative estimate of drug-likeness (QED) is 0.761. The summed E-state index contributed by atoms with van der Waals surface area (Å²) in [7, 11) is -3.60. The van der Waals surface area contributed by atoms with Gasteiger partial charge in [0.2, 0.25) is 5.91 Å². The van der Waals surface area contributed by atoms with Crippen LogP contribution in [0.15, 0.2) is 22.4 Å². The molecule has 0 radical (unpaired) electrons. The number of amides is 1. The van der Waals surface area contributed by atoms with E-state index < -0.39 is 10.0 Å². The lowest BCUT2D eigenvalue weighted by Gasteiger charge is -2.31. The molecule has 28 heavy (non-hydrogen) atoms. The number of hydrogen-bond acceptors (Lipinski definition) is 7. The lowest BCUT2D eigenvalue weighted by atomic mass is 10.1. The third-order valence-electron chi connectivity index (χ3n) is 4.32. The van der Waals surface area contributed by atoms with Gasteiger partial charge in [0.05, 0.1) is 13.1 Å². The number of nitrogens with one attached hydrogen (secondary N) is 1. The van der Waals surface area contributed by atoms with Crippen molar-refractivity contribution < 1.29 is 17.9 Å². The summed E-state index contributed by atoms with van der Waals surface area (Å²) in [6, 6.07) is 5.47. The minimum absolute atomic E-state index is 0.151. The van der Waals surface area contributed by atoms with Gasteiger partial charge < -0.3 is 10.1 Å². The van der Waals surface area contributed by atoms with E-state index in [-0.39, 0.29) is 28.8 Å². The number of rotatable bonds is 6. The molecule has 3 heterocycles. The van der Waals surface area contributed by atoms with Crippen LogP contribution in [0.2, 0.25) is 0 Å². The minimum Gasteiger partial charge on any atom is -0.459 e. The SMILES string of the molecule is CC(=O)NCc1ccc(S(=O)(=O)N2CCCC(Oc3nc(C)cc(C)n3)C2)s1. The Morgan fingerprint density at radius 1 is 1.32 bits per heavy atom. The largest absolute Gasteiger partial charge is 0.459 e. The van der Waals surface area contributed by atoms with Crippen molar-refractivity contribution in [1.29, 1.82) is 0 Å². The third kappa shape index (κ3) is 5.06. The van der Waals surface area contributed by atoms with E-state index in [2.05, 4.69) is 15.3 Å². The molecule has 2 aromatic heterocycles. The van der Waals surface area contributed by atoms with Gasteiger partial charge in [-0.2, -0.15) is 4.31 Å². The standard InChI is InChI=1S/C18H24N4O4S2/c1-12-9-13(2)21-18(20-12)26-15-5-4-8-22(11-15)28(24,25)17-7-6-16(27-17)10-19-14(3)23/h6-7,9,15H,4-5,8,10-11H2,1-3H3,(H,19,23). The summed E-state index contributed by atoms with van der Waals surface area (Å²) in [4.78, 5) is 20.4. The van der Waals surface area contributed by atoms with Crippen molar-refractivity contribution in [2.45, 2.75) is 50.5 Å². The predicted octanol–water partition coefficient (Wildman–Crippen LogP) is 2.02. The Balaban J connectivity index is 1.69. The maximum absolute atomic E-state index is 13.0. The van der Waals surface area contributed by atoms with Crippen LogP contribution in [0.1, 0.15) is 36.0 Å². The molecule has 0 spiro atoms. The lowest BCUT2D eigenvalue weighted by molar-refractivity contribution is -0.119. The molecular formula is C18H24N4O4S2. The number of nitrogens with zero attached hydrogens (tertiary/aromatic N) is 3. The first kappa shape index (κ1) is 20.7. The maximum Gasteiger partial charge on any atom is 0.317 e. The number of aryl methyl sites for hydroxylation is 2. The second kappa shape index (κ2) is 8.54. The Labute approximate surface area is 169 Å². The van der Waals surface area contributed by atoms with Gasteiger partial charge in [0.1, 0.15) is 10.3 Å². The number of carbonyl (C=O) groups is 1. The highest BCUT2D eigenvalue weighted by atomic mass is 32.2. The van der Waals surface area contributed by atoms with Gasteiger partial charge in [0.15, 0.2) is 0 Å². The van der Waals surface area contributed by atoms with E-state index in [1.807, 2.05) is 19.9 Å². The van der Waals surface area contributed by atoms with Gasteiger partial charge in [-0.05, 0) is 44.9 Å². The highest BCUT2D eigenvalue weighted by Crippen LogP contribution is 2.28. The van der Waals surface area contributed by atoms with Crippen molar-refractivity contribution in [1.82, 2.24) is 19.6 Å². The van der Waals surface area contributed by atoms with Crippen molar-refractivity contribution in [3.05, 3.63) is 34.5 Å². The summed E-state index contributed by atoms with van der Waals surface area (Å²) >= 11 is 1.17. The van der Waals surface area contributed by atoms with Gasteiger partial charge in [-0.1, -0.05) is 0 Å². The summed E-state index contributed by atoms with van der Waals surface area (Å²) in [6.45, 7) is 6.21. The summed E-state index contributed by atoms with van der Waals surface area (Å²) in [5, 5.41) is 2.68. The molecule has 152 valence electrons. The van der Waals surface area contributed by atoms with Crippen LogP contribution in [0, 0.1) is 13.8 Å². The highest BCUT2D eigenvalue weighted by Gasteiger charge is 2.32. The molecule has 1 N–H and O–H groups in total. The number of carbonyl (C=O) groups excluding carboxylic acids is 1. The van der Waals surface area contributed by atoms with Crippen LogP contribution in [-0.4, -0.2) is 47.8 Å². The minimum atomic E-state index is -3.60. The smallest absolute Gasteiger partial charge is 0.317 e. The normalized spacial score (nSPS) is 18.0. The number of thiophene rings is 1. The van der Waals surface area contributed by atoms with Crippen LogP contribution >= 0.6 is 11.3 Å². The molecule has 10 heteroatoms. The van der Waals surface area contributed by atoms with E-state index >= 15 is 0 Å². The molecule has 3 rings (SSSR count). The first-order chi connectivity index (χ1) is 13.2. The van der Waals surface area contributed by atoms with E-state index in [0.717, 1.165) is 22.7 Å². The monoisotopic (exact) mass is 424 g/mol. The topological polar surface area (TPSA) is 101 Å². The number of piperidine rings is 1. The van der Waals surface area contributed by atoms with E-state index in [1.54, 1.807) is 12.1 Å². The molecule has 8 nitrogen and oxygen atoms in total. The lowest BCUT2D eigenvalue weighted by Crippen LogP contribution is -2.44. The molecular weight excluding hydrogens is 400 g/mol. The maximum atomic E-state index is 13.0. The van der Waals surface area contributed by atoms with Gasteiger partial charge >= 0.3 is 6.01 Å². The van der Waals surface area contributed by atoms with Crippen molar-refractivity contribution in [2.24, 2.45) is 0 Å². The molecule has 1 atom stereocenters. The summed E-state index contributed by atoms with van der Waals surface area (Å²) < 4.78 is 33.6. The Hall–Kier alpha value is -2.04. The number of aromatic nitrogens is 2. The third-order valence-corrected chi connectivity index (χ3v) is 7.74. The second-order valence-corrected chi connectivity index (χ2v) is 10.1. The first-order valence-corrected chi connectivity index (χ1v) is 11.3. The van der Waals surface area contributed by atoms with E-state index in [0.29, 0.717) is 19.5 Å². The van der Waals surface area contributed by atoms with Gasteiger partial charge in [0, 0.05) is 29.7 Å². The van der Waals surface area contributed by atoms with E-state index in [9.17, 15) is 13.2 Å². The Morgan fingerprint density at radius 2 is 2.04 bits per heavy atom. The molecule has 0 aromatic carbocycles. The van der Waals surface area contributed by atoms with Gasteiger partial charge in [-0.3, -0.25) is 4.79 Å². The number of ether oxygens (including phenoxy) is 1. The Kier molecular flexibility index (Phi) is 6.31. The molecule has 1 saturated heterocycles. The molecule has 2 aromatic rings. The van der Waals surface area contributed by atoms with Gasteiger partial charge in [-0.15, -0.1) is 11.3 Å². The molecule has 1 aliphatic rings. The van der Waals surface area contributed by atoms with Crippen LogP contribution in [0.5, 0.6) is 6.01 Å². The molecule has 0 saturated carbocycles. The van der Waals surface area contributed by atoms with Crippen LogP contribution in [0.25, 0.3) is 0 Å². The van der Waals surface area contributed by atoms with Crippen LogP contribution in [-0.2, 0) is 21.4 Å². The Morgan fingerprint density at radius 3 is 2.71 bits per heavy atom. The Bertz CT molecular complexity index is 938. The van der Waals surface area contributed by atoms with Crippen molar-refractivity contribution >= 4 is 27.3 Å². The van der Waals surface area contributed by atoms with Crippen molar-refractivity contribution in [2.75, 3.05) is 13.1 Å². The van der Waals surface area contributed by atoms with Gasteiger partial charge in [0.25, 0.3) is 10.0 Å². The van der Waals surface area contributed by atoms with Gasteiger partial charge in [-0.25, -0.2) is 18.4 Å². The number of hydrogen-bond donors (Lipinski definition) is 1. The zero-order valence-corrected chi connectivity index (χ0v) is 17.8. The molecule has 1 amide bonds. The fourth-order valence-electron chi connectivity index (χ4n) is 3.05. The molecule has 1 unspecified atom stereocenters. The van der Waals surface area contributed by atoms with Crippen LogP contribution < -0.4 is 10.1 Å². The summed E-state index contributed by atoms with van der Waals surface area (Å²) in [5.74, 6) is -0.151. The summed E-state index contributed by atoms with van der Waals surface area (Å²) in [6.07, 6.45) is 1.17. The zero-order valence-electron chi connectivity index (χ0n) is 16.1. The van der Waals surface area contributed by atoms with Crippen molar-refractivity contribution in [3.63, 3.8) is 0 Å². The molecule has 1 fully saturated rings. The second-order valence-electron chi connectivity index (χ2n) is 6.81. The van der Waals surface area contributed by atoms with Crippen molar-refractivity contribution in [3.8, 4) is 6.01 Å².